The minimum atomic E-state index is 0.560. The molecule has 1 aromatic rings. The average molecular weight is 159 g/mol. The van der Waals surface area contributed by atoms with Gasteiger partial charge in [0.05, 0.1) is 5.25 Å². The van der Waals surface area contributed by atoms with Gasteiger partial charge in [-0.25, -0.2) is 4.98 Å². The summed E-state index contributed by atoms with van der Waals surface area (Å²) in [4.78, 5) is 4.18. The molecule has 1 aromatic heterocycles. The van der Waals surface area contributed by atoms with Crippen LogP contribution in [0, 0.1) is 0 Å². The van der Waals surface area contributed by atoms with Crippen LogP contribution >= 0.6 is 23.1 Å². The first-order valence-electron chi connectivity index (χ1n) is 2.76. The lowest BCUT2D eigenvalue weighted by molar-refractivity contribution is 1.06. The Morgan fingerprint density at radius 3 is 3.00 bits per heavy atom. The minimum absolute atomic E-state index is 0.560. The van der Waals surface area contributed by atoms with Crippen LogP contribution in [-0.4, -0.2) is 11.2 Å². The Hall–Kier alpha value is -0.0200. The lowest BCUT2D eigenvalue weighted by Crippen LogP contribution is -1.82. The van der Waals surface area contributed by atoms with Gasteiger partial charge in [0, 0.05) is 11.6 Å². The SMILES string of the molecule is CS[C@@H](C)c1nccs1. The Morgan fingerprint density at radius 2 is 2.56 bits per heavy atom. The van der Waals surface area contributed by atoms with Gasteiger partial charge in [-0.05, 0) is 13.2 Å². The fourth-order valence-electron chi connectivity index (χ4n) is 0.536. The van der Waals surface area contributed by atoms with Gasteiger partial charge in [-0.1, -0.05) is 0 Å². The van der Waals surface area contributed by atoms with E-state index in [0.29, 0.717) is 5.25 Å². The average Bonchev–Trinajstić information content (AvgIpc) is 2.37. The van der Waals surface area contributed by atoms with E-state index in [9.17, 15) is 0 Å². The third-order valence-electron chi connectivity index (χ3n) is 1.15. The van der Waals surface area contributed by atoms with Crippen LogP contribution in [-0.2, 0) is 0 Å². The summed E-state index contributed by atoms with van der Waals surface area (Å²) < 4.78 is 0. The zero-order valence-electron chi connectivity index (χ0n) is 5.50. The molecule has 0 saturated heterocycles. The number of rotatable bonds is 2. The summed E-state index contributed by atoms with van der Waals surface area (Å²) in [5, 5.41) is 3.80. The fraction of sp³-hybridized carbons (Fsp3) is 0.500. The molecule has 0 N–H and O–H groups in total. The molecular formula is C6H9NS2. The molecule has 1 heterocycles. The van der Waals surface area contributed by atoms with E-state index in [-0.39, 0.29) is 0 Å². The molecule has 0 amide bonds. The number of aromatic nitrogens is 1. The van der Waals surface area contributed by atoms with Crippen LogP contribution in [0.15, 0.2) is 11.6 Å². The topological polar surface area (TPSA) is 12.9 Å². The lowest BCUT2D eigenvalue weighted by atomic mass is 10.5. The fourth-order valence-corrected chi connectivity index (χ4v) is 1.83. The molecule has 0 radical (unpaired) electrons. The van der Waals surface area contributed by atoms with Crippen molar-refractivity contribution in [2.75, 3.05) is 6.26 Å². The van der Waals surface area contributed by atoms with Gasteiger partial charge >= 0.3 is 0 Å². The Balaban J connectivity index is 2.65. The highest BCUT2D eigenvalue weighted by Crippen LogP contribution is 2.26. The number of thiazole rings is 1. The summed E-state index contributed by atoms with van der Waals surface area (Å²) in [5.41, 5.74) is 0. The summed E-state index contributed by atoms with van der Waals surface area (Å²) in [6, 6.07) is 0. The molecule has 0 aliphatic heterocycles. The Bertz CT molecular complexity index is 160. The molecule has 0 bridgehead atoms. The number of hydrogen-bond donors (Lipinski definition) is 0. The van der Waals surface area contributed by atoms with Crippen LogP contribution in [0.3, 0.4) is 0 Å². The molecule has 0 aromatic carbocycles. The van der Waals surface area contributed by atoms with Crippen molar-refractivity contribution >= 4 is 23.1 Å². The van der Waals surface area contributed by atoms with Gasteiger partial charge in [-0.3, -0.25) is 0 Å². The van der Waals surface area contributed by atoms with E-state index in [2.05, 4.69) is 18.2 Å². The molecule has 0 fully saturated rings. The summed E-state index contributed by atoms with van der Waals surface area (Å²) in [7, 11) is 0. The molecule has 1 atom stereocenters. The maximum Gasteiger partial charge on any atom is 0.105 e. The van der Waals surface area contributed by atoms with Crippen LogP contribution in [0.4, 0.5) is 0 Å². The molecule has 9 heavy (non-hydrogen) atoms. The van der Waals surface area contributed by atoms with E-state index < -0.39 is 0 Å². The Labute approximate surface area is 63.5 Å². The third-order valence-corrected chi connectivity index (χ3v) is 3.19. The first-order chi connectivity index (χ1) is 4.34. The van der Waals surface area contributed by atoms with E-state index in [1.54, 1.807) is 11.3 Å². The summed E-state index contributed by atoms with van der Waals surface area (Å²) >= 11 is 3.55. The first-order valence-corrected chi connectivity index (χ1v) is 4.93. The van der Waals surface area contributed by atoms with Crippen molar-refractivity contribution in [3.05, 3.63) is 16.6 Å². The normalized spacial score (nSPS) is 13.6. The summed E-state index contributed by atoms with van der Waals surface area (Å²) in [6.07, 6.45) is 3.96. The second-order valence-corrected chi connectivity index (χ2v) is 3.85. The first kappa shape index (κ1) is 7.09. The van der Waals surface area contributed by atoms with Crippen LogP contribution in [0.5, 0.6) is 0 Å². The molecule has 0 aliphatic rings. The zero-order chi connectivity index (χ0) is 6.69. The molecule has 0 saturated carbocycles. The van der Waals surface area contributed by atoms with E-state index in [0.717, 1.165) is 0 Å². The standard InChI is InChI=1S/C6H9NS2/c1-5(8-2)6-7-3-4-9-6/h3-5H,1-2H3/t5-/m0/s1. The number of thioether (sulfide) groups is 1. The van der Waals surface area contributed by atoms with Crippen molar-refractivity contribution in [2.45, 2.75) is 12.2 Å². The van der Waals surface area contributed by atoms with Crippen molar-refractivity contribution in [2.24, 2.45) is 0 Å². The highest BCUT2D eigenvalue weighted by Gasteiger charge is 2.03. The van der Waals surface area contributed by atoms with Crippen LogP contribution in [0.1, 0.15) is 17.2 Å². The predicted octanol–water partition coefficient (Wildman–Crippen LogP) is 2.57. The van der Waals surface area contributed by atoms with Gasteiger partial charge < -0.3 is 0 Å². The minimum Gasteiger partial charge on any atom is -0.249 e. The van der Waals surface area contributed by atoms with E-state index in [1.165, 1.54) is 5.01 Å². The third kappa shape index (κ3) is 1.69. The van der Waals surface area contributed by atoms with Crippen molar-refractivity contribution < 1.29 is 0 Å². The molecule has 50 valence electrons. The van der Waals surface area contributed by atoms with E-state index in [1.807, 2.05) is 23.3 Å². The maximum absolute atomic E-state index is 4.18. The highest BCUT2D eigenvalue weighted by atomic mass is 32.2. The smallest absolute Gasteiger partial charge is 0.105 e. The van der Waals surface area contributed by atoms with Gasteiger partial charge in [-0.2, -0.15) is 11.8 Å². The Kier molecular flexibility index (Phi) is 2.54. The molecule has 1 nitrogen and oxygen atoms in total. The molecule has 0 spiro atoms. The molecule has 0 unspecified atom stereocenters. The zero-order valence-corrected chi connectivity index (χ0v) is 7.13. The lowest BCUT2D eigenvalue weighted by Gasteiger charge is -2.00. The van der Waals surface area contributed by atoms with Crippen LogP contribution < -0.4 is 0 Å². The summed E-state index contributed by atoms with van der Waals surface area (Å²) in [5.74, 6) is 0. The number of nitrogens with zero attached hydrogens (tertiary/aromatic N) is 1. The van der Waals surface area contributed by atoms with Crippen molar-refractivity contribution in [1.29, 1.82) is 0 Å². The van der Waals surface area contributed by atoms with E-state index >= 15 is 0 Å². The number of hydrogen-bond acceptors (Lipinski definition) is 3. The second-order valence-electron chi connectivity index (χ2n) is 1.75. The molecular weight excluding hydrogens is 150 g/mol. The van der Waals surface area contributed by atoms with Crippen LogP contribution in [0.2, 0.25) is 0 Å². The van der Waals surface area contributed by atoms with Crippen LogP contribution in [0.25, 0.3) is 0 Å². The molecule has 3 heteroatoms. The van der Waals surface area contributed by atoms with Crippen molar-refractivity contribution in [1.82, 2.24) is 4.98 Å². The molecule has 0 aliphatic carbocycles. The Morgan fingerprint density at radius 1 is 1.78 bits per heavy atom. The maximum atomic E-state index is 4.18. The van der Waals surface area contributed by atoms with Gasteiger partial charge in [-0.15, -0.1) is 11.3 Å². The van der Waals surface area contributed by atoms with Gasteiger partial charge in [0.2, 0.25) is 0 Å². The van der Waals surface area contributed by atoms with E-state index in [4.69, 9.17) is 0 Å². The van der Waals surface area contributed by atoms with Gasteiger partial charge in [0.15, 0.2) is 0 Å². The largest absolute Gasteiger partial charge is 0.249 e. The summed E-state index contributed by atoms with van der Waals surface area (Å²) in [6.45, 7) is 2.17. The van der Waals surface area contributed by atoms with Gasteiger partial charge in [0.25, 0.3) is 0 Å². The predicted molar refractivity (Wildman–Crippen MR) is 44.0 cm³/mol. The molecule has 1 rings (SSSR count). The van der Waals surface area contributed by atoms with Gasteiger partial charge in [0.1, 0.15) is 5.01 Å². The quantitative estimate of drug-likeness (QED) is 0.658. The van der Waals surface area contributed by atoms with Crippen molar-refractivity contribution in [3.63, 3.8) is 0 Å². The second kappa shape index (κ2) is 3.22. The van der Waals surface area contributed by atoms with Crippen molar-refractivity contribution in [3.8, 4) is 0 Å². The monoisotopic (exact) mass is 159 g/mol. The highest BCUT2D eigenvalue weighted by molar-refractivity contribution is 7.98.